The number of benzene rings is 1. The van der Waals surface area contributed by atoms with E-state index in [4.69, 9.17) is 4.74 Å². The third-order valence-electron chi connectivity index (χ3n) is 3.97. The summed E-state index contributed by atoms with van der Waals surface area (Å²) in [5, 5.41) is 13.0. The van der Waals surface area contributed by atoms with Crippen LogP contribution in [-0.2, 0) is 0 Å². The van der Waals surface area contributed by atoms with Crippen LogP contribution in [-0.4, -0.2) is 12.6 Å². The van der Waals surface area contributed by atoms with Gasteiger partial charge in [0.2, 0.25) is 0 Å². The minimum atomic E-state index is -0.386. The van der Waals surface area contributed by atoms with Gasteiger partial charge >= 0.3 is 0 Å². The molecule has 0 heterocycles. The van der Waals surface area contributed by atoms with Crippen LogP contribution in [0.15, 0.2) is 24.3 Å². The molecule has 3 heteroatoms. The molecule has 0 radical (unpaired) electrons. The van der Waals surface area contributed by atoms with E-state index < -0.39 is 0 Å². The highest BCUT2D eigenvalue weighted by Crippen LogP contribution is 2.40. The summed E-state index contributed by atoms with van der Waals surface area (Å²) in [4.78, 5) is 0. The first-order chi connectivity index (χ1) is 8.74. The van der Waals surface area contributed by atoms with Crippen LogP contribution in [0.5, 0.6) is 5.75 Å². The molecule has 1 aromatic carbocycles. The standard InChI is InChI=1S/C15H20N2O/c1-3-12-5-4-10-15(12,11-16)17-13-6-8-14(18-2)9-7-13/h6-9,12,17H,3-5,10H2,1-2H3. The molecule has 0 aliphatic heterocycles. The van der Waals surface area contributed by atoms with E-state index in [-0.39, 0.29) is 5.54 Å². The van der Waals surface area contributed by atoms with Crippen LogP contribution in [0.2, 0.25) is 0 Å². The van der Waals surface area contributed by atoms with Crippen LogP contribution < -0.4 is 10.1 Å². The summed E-state index contributed by atoms with van der Waals surface area (Å²) in [6.45, 7) is 2.16. The molecule has 2 atom stereocenters. The van der Waals surface area contributed by atoms with Gasteiger partial charge in [0.05, 0.1) is 13.2 Å². The Balaban J connectivity index is 2.17. The zero-order chi connectivity index (χ0) is 13.0. The lowest BCUT2D eigenvalue weighted by molar-refractivity contribution is 0.412. The van der Waals surface area contributed by atoms with Crippen molar-refractivity contribution >= 4 is 5.69 Å². The van der Waals surface area contributed by atoms with Gasteiger partial charge in [-0.15, -0.1) is 0 Å². The molecule has 3 nitrogen and oxygen atoms in total. The summed E-state index contributed by atoms with van der Waals surface area (Å²) in [7, 11) is 1.66. The Morgan fingerprint density at radius 3 is 2.72 bits per heavy atom. The van der Waals surface area contributed by atoms with Gasteiger partial charge in [-0.25, -0.2) is 0 Å². The Bertz CT molecular complexity index is 435. The molecule has 0 aromatic heterocycles. The molecule has 1 aromatic rings. The zero-order valence-corrected chi connectivity index (χ0v) is 11.1. The van der Waals surface area contributed by atoms with Gasteiger partial charge in [0, 0.05) is 5.69 Å². The predicted octanol–water partition coefficient (Wildman–Crippen LogP) is 3.58. The Labute approximate surface area is 109 Å². The number of nitrogens with zero attached hydrogens (tertiary/aromatic N) is 1. The average molecular weight is 244 g/mol. The van der Waals surface area contributed by atoms with Crippen LogP contribution in [0.1, 0.15) is 32.6 Å². The summed E-state index contributed by atoms with van der Waals surface area (Å²) in [6, 6.07) is 10.3. The molecule has 0 bridgehead atoms. The molecule has 1 fully saturated rings. The summed E-state index contributed by atoms with van der Waals surface area (Å²) < 4.78 is 5.14. The lowest BCUT2D eigenvalue weighted by Gasteiger charge is -2.30. The van der Waals surface area contributed by atoms with Crippen molar-refractivity contribution in [3.8, 4) is 11.8 Å². The summed E-state index contributed by atoms with van der Waals surface area (Å²) in [6.07, 6.45) is 4.27. The molecule has 0 amide bonds. The maximum absolute atomic E-state index is 9.54. The van der Waals surface area contributed by atoms with Crippen molar-refractivity contribution < 1.29 is 4.74 Å². The van der Waals surface area contributed by atoms with E-state index in [1.54, 1.807) is 7.11 Å². The Morgan fingerprint density at radius 1 is 1.44 bits per heavy atom. The fraction of sp³-hybridized carbons (Fsp3) is 0.533. The normalized spacial score (nSPS) is 26.6. The number of anilines is 1. The lowest BCUT2D eigenvalue weighted by Crippen LogP contribution is -2.40. The summed E-state index contributed by atoms with van der Waals surface area (Å²) in [5.74, 6) is 1.29. The second-order valence-corrected chi connectivity index (χ2v) is 4.93. The second-order valence-electron chi connectivity index (χ2n) is 4.93. The highest BCUT2D eigenvalue weighted by molar-refractivity contribution is 5.50. The van der Waals surface area contributed by atoms with E-state index >= 15 is 0 Å². The maximum atomic E-state index is 9.54. The number of hydrogen-bond donors (Lipinski definition) is 1. The number of rotatable bonds is 4. The fourth-order valence-corrected chi connectivity index (χ4v) is 2.90. The van der Waals surface area contributed by atoms with E-state index in [2.05, 4.69) is 18.3 Å². The molecule has 1 aliphatic carbocycles. The quantitative estimate of drug-likeness (QED) is 0.880. The summed E-state index contributed by atoms with van der Waals surface area (Å²) in [5.41, 5.74) is 0.612. The smallest absolute Gasteiger partial charge is 0.128 e. The zero-order valence-electron chi connectivity index (χ0n) is 11.1. The number of nitrogens with one attached hydrogen (secondary N) is 1. The first kappa shape index (κ1) is 12.8. The van der Waals surface area contributed by atoms with Gasteiger partial charge in [0.15, 0.2) is 0 Å². The molecule has 18 heavy (non-hydrogen) atoms. The molecular weight excluding hydrogens is 224 g/mol. The minimum Gasteiger partial charge on any atom is -0.497 e. The van der Waals surface area contributed by atoms with Crippen LogP contribution in [0.3, 0.4) is 0 Å². The Kier molecular flexibility index (Phi) is 3.76. The van der Waals surface area contributed by atoms with Crippen molar-refractivity contribution in [3.63, 3.8) is 0 Å². The van der Waals surface area contributed by atoms with E-state index in [1.807, 2.05) is 24.3 Å². The van der Waals surface area contributed by atoms with Crippen molar-refractivity contribution in [2.24, 2.45) is 5.92 Å². The SMILES string of the molecule is CCC1CCCC1(C#N)Nc1ccc(OC)cc1. The first-order valence-corrected chi connectivity index (χ1v) is 6.57. The number of nitriles is 1. The number of ether oxygens (including phenoxy) is 1. The average Bonchev–Trinajstić information content (AvgIpc) is 2.83. The summed E-state index contributed by atoms with van der Waals surface area (Å²) >= 11 is 0. The van der Waals surface area contributed by atoms with E-state index in [1.165, 1.54) is 0 Å². The van der Waals surface area contributed by atoms with E-state index in [0.717, 1.165) is 37.1 Å². The molecule has 1 aliphatic rings. The Morgan fingerprint density at radius 2 is 2.17 bits per heavy atom. The molecule has 2 rings (SSSR count). The number of methoxy groups -OCH3 is 1. The topological polar surface area (TPSA) is 45.0 Å². The van der Waals surface area contributed by atoms with E-state index in [9.17, 15) is 5.26 Å². The van der Waals surface area contributed by atoms with Crippen molar-refractivity contribution in [2.75, 3.05) is 12.4 Å². The van der Waals surface area contributed by atoms with Gasteiger partial charge in [-0.05, 0) is 49.4 Å². The third-order valence-corrected chi connectivity index (χ3v) is 3.97. The molecular formula is C15H20N2O. The van der Waals surface area contributed by atoms with Gasteiger partial charge in [0.1, 0.15) is 11.3 Å². The molecule has 0 saturated heterocycles. The monoisotopic (exact) mass is 244 g/mol. The van der Waals surface area contributed by atoms with Crippen molar-refractivity contribution in [1.29, 1.82) is 5.26 Å². The van der Waals surface area contributed by atoms with Gasteiger partial charge in [-0.1, -0.05) is 13.3 Å². The van der Waals surface area contributed by atoms with Crippen molar-refractivity contribution in [1.82, 2.24) is 0 Å². The second kappa shape index (κ2) is 5.30. The van der Waals surface area contributed by atoms with Gasteiger partial charge in [0.25, 0.3) is 0 Å². The van der Waals surface area contributed by atoms with Crippen molar-refractivity contribution in [2.45, 2.75) is 38.1 Å². The molecule has 96 valence electrons. The van der Waals surface area contributed by atoms with Gasteiger partial charge in [-0.3, -0.25) is 0 Å². The largest absolute Gasteiger partial charge is 0.497 e. The lowest BCUT2D eigenvalue weighted by atomic mass is 9.86. The van der Waals surface area contributed by atoms with E-state index in [0.29, 0.717) is 5.92 Å². The van der Waals surface area contributed by atoms with Gasteiger partial charge < -0.3 is 10.1 Å². The predicted molar refractivity (Wildman–Crippen MR) is 72.6 cm³/mol. The maximum Gasteiger partial charge on any atom is 0.128 e. The molecule has 0 spiro atoms. The van der Waals surface area contributed by atoms with Crippen molar-refractivity contribution in [3.05, 3.63) is 24.3 Å². The minimum absolute atomic E-state index is 0.386. The van der Waals surface area contributed by atoms with Crippen LogP contribution >= 0.6 is 0 Å². The van der Waals surface area contributed by atoms with Crippen LogP contribution in [0.25, 0.3) is 0 Å². The molecule has 1 saturated carbocycles. The van der Waals surface area contributed by atoms with Crippen LogP contribution in [0, 0.1) is 17.2 Å². The molecule has 1 N–H and O–H groups in total. The third kappa shape index (κ3) is 2.28. The Hall–Kier alpha value is -1.69. The van der Waals surface area contributed by atoms with Gasteiger partial charge in [-0.2, -0.15) is 5.26 Å². The first-order valence-electron chi connectivity index (χ1n) is 6.57. The van der Waals surface area contributed by atoms with Crippen LogP contribution in [0.4, 0.5) is 5.69 Å². The fourth-order valence-electron chi connectivity index (χ4n) is 2.90. The molecule has 2 unspecified atom stereocenters. The highest BCUT2D eigenvalue weighted by atomic mass is 16.5. The highest BCUT2D eigenvalue weighted by Gasteiger charge is 2.42. The number of hydrogen-bond acceptors (Lipinski definition) is 3.